The maximum Gasteiger partial charge on any atom is 0.305 e. The molecule has 0 radical (unpaired) electrons. The van der Waals surface area contributed by atoms with Crippen LogP contribution in [0.4, 0.5) is 0 Å². The van der Waals surface area contributed by atoms with Crippen molar-refractivity contribution in [2.75, 3.05) is 33.3 Å². The zero-order chi connectivity index (χ0) is 42.6. The van der Waals surface area contributed by atoms with Gasteiger partial charge in [-0.25, -0.2) is 16.8 Å². The van der Waals surface area contributed by atoms with Crippen molar-refractivity contribution in [2.45, 2.75) is 142 Å². The molecule has 12 heteroatoms. The fourth-order valence-electron chi connectivity index (χ4n) is 7.51. The predicted octanol–water partition coefficient (Wildman–Crippen LogP) is 8.52. The van der Waals surface area contributed by atoms with Crippen molar-refractivity contribution in [1.82, 2.24) is 13.9 Å². The quantitative estimate of drug-likeness (QED) is 0.0795. The Bertz CT molecular complexity index is 1990. The Morgan fingerprint density at radius 1 is 0.614 bits per heavy atom. The van der Waals surface area contributed by atoms with Gasteiger partial charge in [0.1, 0.15) is 0 Å². The smallest absolute Gasteiger partial charge is 0.305 e. The van der Waals surface area contributed by atoms with Crippen LogP contribution in [0, 0.1) is 41.5 Å². The second-order valence-corrected chi connectivity index (χ2v) is 20.3. The molecule has 0 aliphatic rings. The summed E-state index contributed by atoms with van der Waals surface area (Å²) in [6, 6.07) is 15.6. The maximum absolute atomic E-state index is 14.4. The summed E-state index contributed by atoms with van der Waals surface area (Å²) in [6.45, 7) is 18.7. The number of carbonyl (C=O) groups is 2. The number of sulfonamides is 2. The molecular weight excluding hydrogens is 759 g/mol. The lowest BCUT2D eigenvalue weighted by Gasteiger charge is -2.27. The van der Waals surface area contributed by atoms with Gasteiger partial charge in [0.25, 0.3) is 0 Å². The predicted molar refractivity (Wildman–Crippen MR) is 229 cm³/mol. The standard InChI is InChI=1S/C45H67N3O7S2/c1-33-28-35(3)43(36(4)29-33)56(51,52)47(27-17-24-46-41(49)18-13-11-12-14-19-42(50)55-10)25-15-16-26-48(32-39-20-22-40(23-21-39)45(7,8)9)57(53,54)44-37(5)30-34(2)31-38(44)6/h20-23,28-31H,11-19,24-27,32H2,1-10H3,(H,46,49). The van der Waals surface area contributed by atoms with Crippen LogP contribution in [0.15, 0.2) is 58.3 Å². The normalized spacial score (nSPS) is 12.4. The molecule has 0 aromatic heterocycles. The number of hydrogen-bond donors (Lipinski definition) is 1. The summed E-state index contributed by atoms with van der Waals surface area (Å²) in [5.74, 6) is -0.316. The van der Waals surface area contributed by atoms with Gasteiger partial charge in [-0.2, -0.15) is 8.61 Å². The van der Waals surface area contributed by atoms with Crippen molar-refractivity contribution < 1.29 is 31.2 Å². The molecule has 0 aliphatic heterocycles. The molecule has 0 bridgehead atoms. The lowest BCUT2D eigenvalue weighted by molar-refractivity contribution is -0.140. The summed E-state index contributed by atoms with van der Waals surface area (Å²) in [5, 5.41) is 2.93. The summed E-state index contributed by atoms with van der Waals surface area (Å²) in [6.07, 6.45) is 5.14. The number of esters is 1. The van der Waals surface area contributed by atoms with Crippen LogP contribution in [0.25, 0.3) is 0 Å². The molecular formula is C45H67N3O7S2. The summed E-state index contributed by atoms with van der Waals surface area (Å²) in [5.41, 5.74) is 6.73. The van der Waals surface area contributed by atoms with Gasteiger partial charge in [-0.1, -0.05) is 93.3 Å². The number of amides is 1. The number of unbranched alkanes of at least 4 members (excludes halogenated alkanes) is 4. The molecule has 0 fully saturated rings. The van der Waals surface area contributed by atoms with Gasteiger partial charge in [-0.15, -0.1) is 0 Å². The molecule has 3 aromatic rings. The minimum Gasteiger partial charge on any atom is -0.469 e. The fraction of sp³-hybridized carbons (Fsp3) is 0.556. The van der Waals surface area contributed by atoms with Crippen LogP contribution in [0.3, 0.4) is 0 Å². The molecule has 0 spiro atoms. The van der Waals surface area contributed by atoms with E-state index < -0.39 is 20.0 Å². The van der Waals surface area contributed by atoms with Crippen molar-refractivity contribution in [3.05, 3.63) is 93.0 Å². The molecule has 0 unspecified atom stereocenters. The van der Waals surface area contributed by atoms with Gasteiger partial charge in [0.05, 0.1) is 16.9 Å². The van der Waals surface area contributed by atoms with Crippen LogP contribution in [-0.2, 0) is 46.3 Å². The zero-order valence-electron chi connectivity index (χ0n) is 36.1. The van der Waals surface area contributed by atoms with E-state index in [2.05, 4.69) is 43.0 Å². The number of methoxy groups -OCH3 is 1. The summed E-state index contributed by atoms with van der Waals surface area (Å²) in [7, 11) is -6.44. The average Bonchev–Trinajstić information content (AvgIpc) is 3.10. The monoisotopic (exact) mass is 825 g/mol. The van der Waals surface area contributed by atoms with Crippen LogP contribution < -0.4 is 5.32 Å². The highest BCUT2D eigenvalue weighted by Crippen LogP contribution is 2.29. The van der Waals surface area contributed by atoms with Gasteiger partial charge in [-0.05, 0) is 112 Å². The van der Waals surface area contributed by atoms with Gasteiger partial charge >= 0.3 is 5.97 Å². The highest BCUT2D eigenvalue weighted by atomic mass is 32.2. The van der Waals surface area contributed by atoms with Gasteiger partial charge in [0.15, 0.2) is 0 Å². The summed E-state index contributed by atoms with van der Waals surface area (Å²) >= 11 is 0. The molecule has 316 valence electrons. The molecule has 0 saturated heterocycles. The van der Waals surface area contributed by atoms with Crippen molar-refractivity contribution in [3.8, 4) is 0 Å². The Kier molecular flexibility index (Phi) is 18.0. The van der Waals surface area contributed by atoms with Gasteiger partial charge < -0.3 is 10.1 Å². The highest BCUT2D eigenvalue weighted by molar-refractivity contribution is 7.89. The van der Waals surface area contributed by atoms with Crippen LogP contribution in [0.5, 0.6) is 0 Å². The summed E-state index contributed by atoms with van der Waals surface area (Å²) < 4.78 is 65.2. The lowest BCUT2D eigenvalue weighted by atomic mass is 9.87. The number of hydrogen-bond acceptors (Lipinski definition) is 7. The number of rotatable bonds is 22. The Morgan fingerprint density at radius 3 is 1.53 bits per heavy atom. The first-order chi connectivity index (χ1) is 26.7. The lowest BCUT2D eigenvalue weighted by Crippen LogP contribution is -2.37. The van der Waals surface area contributed by atoms with Crippen LogP contribution in [0.2, 0.25) is 0 Å². The molecule has 0 aliphatic carbocycles. The second-order valence-electron chi connectivity index (χ2n) is 16.5. The van der Waals surface area contributed by atoms with E-state index in [4.69, 9.17) is 0 Å². The number of nitrogens with one attached hydrogen (secondary N) is 1. The van der Waals surface area contributed by atoms with Gasteiger partial charge in [0.2, 0.25) is 26.0 Å². The van der Waals surface area contributed by atoms with Crippen molar-refractivity contribution >= 4 is 31.9 Å². The van der Waals surface area contributed by atoms with E-state index >= 15 is 0 Å². The largest absolute Gasteiger partial charge is 0.469 e. The first-order valence-corrected chi connectivity index (χ1v) is 23.2. The molecule has 10 nitrogen and oxygen atoms in total. The topological polar surface area (TPSA) is 130 Å². The fourth-order valence-corrected chi connectivity index (χ4v) is 11.3. The van der Waals surface area contributed by atoms with Crippen molar-refractivity contribution in [2.24, 2.45) is 0 Å². The van der Waals surface area contributed by atoms with E-state index in [-0.39, 0.29) is 48.4 Å². The molecule has 1 N–H and O–H groups in total. The van der Waals surface area contributed by atoms with Crippen LogP contribution >= 0.6 is 0 Å². The number of carbonyl (C=O) groups excluding carboxylic acids is 2. The van der Waals surface area contributed by atoms with E-state index in [1.807, 2.05) is 77.9 Å². The van der Waals surface area contributed by atoms with Crippen LogP contribution in [-0.4, -0.2) is 70.6 Å². The van der Waals surface area contributed by atoms with Crippen molar-refractivity contribution in [3.63, 3.8) is 0 Å². The average molecular weight is 826 g/mol. The molecule has 3 aromatic carbocycles. The second kappa shape index (κ2) is 21.4. The van der Waals surface area contributed by atoms with E-state index in [0.29, 0.717) is 72.2 Å². The zero-order valence-corrected chi connectivity index (χ0v) is 37.7. The van der Waals surface area contributed by atoms with Gasteiger partial charge in [-0.3, -0.25) is 9.59 Å². The first-order valence-electron chi connectivity index (χ1n) is 20.3. The van der Waals surface area contributed by atoms with E-state index in [9.17, 15) is 26.4 Å². The molecule has 0 heterocycles. The Hall–Kier alpha value is -3.58. The highest BCUT2D eigenvalue weighted by Gasteiger charge is 2.30. The number of aryl methyl sites for hydroxylation is 6. The maximum atomic E-state index is 14.4. The number of benzene rings is 3. The molecule has 57 heavy (non-hydrogen) atoms. The third-order valence-corrected chi connectivity index (χ3v) is 14.7. The molecule has 0 atom stereocenters. The summed E-state index contributed by atoms with van der Waals surface area (Å²) in [4.78, 5) is 24.4. The molecule has 0 saturated carbocycles. The van der Waals surface area contributed by atoms with Crippen LogP contribution in [0.1, 0.15) is 123 Å². The van der Waals surface area contributed by atoms with E-state index in [0.717, 1.165) is 41.5 Å². The van der Waals surface area contributed by atoms with E-state index in [1.165, 1.54) is 15.7 Å². The van der Waals surface area contributed by atoms with Gasteiger partial charge in [0, 0.05) is 45.6 Å². The van der Waals surface area contributed by atoms with E-state index in [1.54, 1.807) is 0 Å². The Morgan fingerprint density at radius 2 is 1.05 bits per heavy atom. The molecule has 1 amide bonds. The number of ether oxygens (including phenoxy) is 1. The Labute approximate surface area is 343 Å². The SMILES string of the molecule is COC(=O)CCCCCCC(=O)NCCCN(CCCCN(Cc1ccc(C(C)(C)C)cc1)S(=O)(=O)c1c(C)cc(C)cc1C)S(=O)(=O)c1c(C)cc(C)cc1C. The van der Waals surface area contributed by atoms with Crippen molar-refractivity contribution in [1.29, 1.82) is 0 Å². The third-order valence-electron chi connectivity index (χ3n) is 10.3. The molecule has 3 rings (SSSR count). The minimum atomic E-state index is -3.91. The minimum absolute atomic E-state index is 0.0394. The Balaban J connectivity index is 1.77. The first kappa shape index (κ1) is 47.8. The number of nitrogens with zero attached hydrogens (tertiary/aromatic N) is 2. The third kappa shape index (κ3) is 14.0.